The minimum absolute atomic E-state index is 0.462. The van der Waals surface area contributed by atoms with Gasteiger partial charge in [0.15, 0.2) is 0 Å². The van der Waals surface area contributed by atoms with Crippen LogP contribution in [0.15, 0.2) is 42.5 Å². The molecule has 0 aliphatic carbocycles. The maximum Gasteiger partial charge on any atom is 0.133 e. The average Bonchev–Trinajstić information content (AvgIpc) is 2.82. The van der Waals surface area contributed by atoms with Gasteiger partial charge in [0.25, 0.3) is 0 Å². The van der Waals surface area contributed by atoms with Crippen LogP contribution in [0.2, 0.25) is 0 Å². The summed E-state index contributed by atoms with van der Waals surface area (Å²) in [5, 5.41) is 0. The lowest BCUT2D eigenvalue weighted by Gasteiger charge is -2.18. The lowest BCUT2D eigenvalue weighted by Crippen LogP contribution is -2.15. The molecule has 1 aliphatic heterocycles. The monoisotopic (exact) mass is 244 g/mol. The van der Waals surface area contributed by atoms with E-state index in [1.165, 1.54) is 11.3 Å². The summed E-state index contributed by atoms with van der Waals surface area (Å²) in [7, 11) is 0. The third-order valence-electron chi connectivity index (χ3n) is 3.09. The van der Waals surface area contributed by atoms with Crippen LogP contribution in [0.1, 0.15) is 11.3 Å². The summed E-state index contributed by atoms with van der Waals surface area (Å²) in [5.41, 5.74) is 3.59. The maximum atomic E-state index is 5.82. The number of anilines is 2. The molecule has 0 bridgehead atoms. The number of fused-ring (bicyclic) bond motifs is 1. The Balaban J connectivity index is 2.01. The molecule has 3 rings (SSSR count). The highest BCUT2D eigenvalue weighted by atomic mass is 35.5. The molecular formula is C14H13ClN2. The summed E-state index contributed by atoms with van der Waals surface area (Å²) in [6.45, 7) is 0.998. The molecule has 1 aromatic carbocycles. The van der Waals surface area contributed by atoms with Gasteiger partial charge in [0.05, 0.1) is 11.6 Å². The van der Waals surface area contributed by atoms with Crippen molar-refractivity contribution in [3.05, 3.63) is 53.7 Å². The Morgan fingerprint density at radius 3 is 2.88 bits per heavy atom. The summed E-state index contributed by atoms with van der Waals surface area (Å²) in [4.78, 5) is 6.82. The minimum Gasteiger partial charge on any atom is -0.326 e. The van der Waals surface area contributed by atoms with E-state index in [0.717, 1.165) is 24.5 Å². The summed E-state index contributed by atoms with van der Waals surface area (Å²) < 4.78 is 0. The Morgan fingerprint density at radius 2 is 2.00 bits per heavy atom. The molecule has 0 saturated heterocycles. The molecule has 0 radical (unpaired) electrons. The molecule has 2 heterocycles. The van der Waals surface area contributed by atoms with Crippen molar-refractivity contribution in [2.75, 3.05) is 11.4 Å². The largest absolute Gasteiger partial charge is 0.326 e. The highest BCUT2D eigenvalue weighted by molar-refractivity contribution is 6.16. The number of benzene rings is 1. The van der Waals surface area contributed by atoms with Crippen LogP contribution < -0.4 is 4.90 Å². The van der Waals surface area contributed by atoms with Crippen molar-refractivity contribution < 1.29 is 0 Å². The molecule has 0 amide bonds. The number of halogens is 1. The molecule has 3 heteroatoms. The molecule has 1 aliphatic rings. The van der Waals surface area contributed by atoms with Crippen LogP contribution in [-0.2, 0) is 12.3 Å². The van der Waals surface area contributed by atoms with Gasteiger partial charge in [-0.25, -0.2) is 4.98 Å². The normalized spacial score (nSPS) is 13.8. The summed E-state index contributed by atoms with van der Waals surface area (Å²) >= 11 is 5.82. The lowest BCUT2D eigenvalue weighted by atomic mass is 10.2. The van der Waals surface area contributed by atoms with Crippen molar-refractivity contribution in [3.8, 4) is 0 Å². The van der Waals surface area contributed by atoms with E-state index in [1.807, 2.05) is 18.2 Å². The molecule has 1 aromatic heterocycles. The van der Waals surface area contributed by atoms with Gasteiger partial charge >= 0.3 is 0 Å². The highest BCUT2D eigenvalue weighted by Gasteiger charge is 2.20. The van der Waals surface area contributed by atoms with E-state index >= 15 is 0 Å². The second-order valence-corrected chi connectivity index (χ2v) is 4.42. The van der Waals surface area contributed by atoms with Crippen LogP contribution in [0.3, 0.4) is 0 Å². The Kier molecular flexibility index (Phi) is 2.73. The standard InChI is InChI=1S/C14H13ClN2/c15-10-12-5-3-7-14(16-12)17-9-8-11-4-1-2-6-13(11)17/h1-7H,8-10H2. The maximum absolute atomic E-state index is 5.82. The SMILES string of the molecule is ClCc1cccc(N2CCc3ccccc32)n1. The second kappa shape index (κ2) is 4.38. The predicted molar refractivity (Wildman–Crippen MR) is 70.9 cm³/mol. The second-order valence-electron chi connectivity index (χ2n) is 4.15. The van der Waals surface area contributed by atoms with E-state index in [4.69, 9.17) is 11.6 Å². The number of aromatic nitrogens is 1. The van der Waals surface area contributed by atoms with Gasteiger partial charge in [-0.15, -0.1) is 11.6 Å². The van der Waals surface area contributed by atoms with E-state index in [9.17, 15) is 0 Å². The van der Waals surface area contributed by atoms with Crippen molar-refractivity contribution in [3.63, 3.8) is 0 Å². The van der Waals surface area contributed by atoms with Gasteiger partial charge < -0.3 is 4.90 Å². The van der Waals surface area contributed by atoms with Crippen LogP contribution in [0.4, 0.5) is 11.5 Å². The fourth-order valence-corrected chi connectivity index (χ4v) is 2.42. The fraction of sp³-hybridized carbons (Fsp3) is 0.214. The molecule has 0 saturated carbocycles. The van der Waals surface area contributed by atoms with E-state index in [2.05, 4.69) is 34.1 Å². The first-order chi connectivity index (χ1) is 8.38. The topological polar surface area (TPSA) is 16.1 Å². The molecule has 0 spiro atoms. The van der Waals surface area contributed by atoms with Gasteiger partial charge in [0, 0.05) is 12.2 Å². The van der Waals surface area contributed by atoms with Gasteiger partial charge in [-0.05, 0) is 30.2 Å². The van der Waals surface area contributed by atoms with E-state index in [1.54, 1.807) is 0 Å². The first-order valence-electron chi connectivity index (χ1n) is 5.76. The van der Waals surface area contributed by atoms with Crippen LogP contribution in [0.5, 0.6) is 0 Å². The number of hydrogen-bond acceptors (Lipinski definition) is 2. The van der Waals surface area contributed by atoms with Gasteiger partial charge in [0.1, 0.15) is 5.82 Å². The van der Waals surface area contributed by atoms with Crippen LogP contribution in [0, 0.1) is 0 Å². The first kappa shape index (κ1) is 10.6. The van der Waals surface area contributed by atoms with Gasteiger partial charge in [0.2, 0.25) is 0 Å². The molecule has 2 aromatic rings. The fourth-order valence-electron chi connectivity index (χ4n) is 2.27. The van der Waals surface area contributed by atoms with Gasteiger partial charge in [-0.2, -0.15) is 0 Å². The predicted octanol–water partition coefficient (Wildman–Crippen LogP) is 3.51. The quantitative estimate of drug-likeness (QED) is 0.752. The molecule has 0 N–H and O–H groups in total. The van der Waals surface area contributed by atoms with Crippen molar-refractivity contribution in [2.45, 2.75) is 12.3 Å². The van der Waals surface area contributed by atoms with Gasteiger partial charge in [-0.1, -0.05) is 24.3 Å². The zero-order valence-corrected chi connectivity index (χ0v) is 10.2. The van der Waals surface area contributed by atoms with Crippen molar-refractivity contribution in [2.24, 2.45) is 0 Å². The third-order valence-corrected chi connectivity index (χ3v) is 3.37. The summed E-state index contributed by atoms with van der Waals surface area (Å²) in [6, 6.07) is 14.5. The molecule has 0 atom stereocenters. The molecule has 2 nitrogen and oxygen atoms in total. The molecule has 86 valence electrons. The Morgan fingerprint density at radius 1 is 1.12 bits per heavy atom. The zero-order chi connectivity index (χ0) is 11.7. The highest BCUT2D eigenvalue weighted by Crippen LogP contribution is 2.33. The summed E-state index contributed by atoms with van der Waals surface area (Å²) in [6.07, 6.45) is 1.09. The Bertz CT molecular complexity index is 539. The van der Waals surface area contributed by atoms with E-state index < -0.39 is 0 Å². The number of pyridine rings is 1. The molecule has 17 heavy (non-hydrogen) atoms. The molecule has 0 unspecified atom stereocenters. The number of rotatable bonds is 2. The lowest BCUT2D eigenvalue weighted by molar-refractivity contribution is 0.964. The average molecular weight is 245 g/mol. The van der Waals surface area contributed by atoms with Crippen LogP contribution in [-0.4, -0.2) is 11.5 Å². The number of nitrogens with zero attached hydrogens (tertiary/aromatic N) is 2. The van der Waals surface area contributed by atoms with Crippen molar-refractivity contribution in [1.29, 1.82) is 0 Å². The van der Waals surface area contributed by atoms with Crippen molar-refractivity contribution >= 4 is 23.1 Å². The third kappa shape index (κ3) is 1.89. The number of alkyl halides is 1. The molecular weight excluding hydrogens is 232 g/mol. The van der Waals surface area contributed by atoms with Gasteiger partial charge in [-0.3, -0.25) is 0 Å². The molecule has 0 fully saturated rings. The van der Waals surface area contributed by atoms with E-state index in [0.29, 0.717) is 5.88 Å². The number of para-hydroxylation sites is 1. The number of hydrogen-bond donors (Lipinski definition) is 0. The van der Waals surface area contributed by atoms with Crippen molar-refractivity contribution in [1.82, 2.24) is 4.98 Å². The van der Waals surface area contributed by atoms with E-state index in [-0.39, 0.29) is 0 Å². The minimum atomic E-state index is 0.462. The Labute approximate surface area is 106 Å². The smallest absolute Gasteiger partial charge is 0.133 e. The summed E-state index contributed by atoms with van der Waals surface area (Å²) in [5.74, 6) is 1.46. The first-order valence-corrected chi connectivity index (χ1v) is 6.29. The Hall–Kier alpha value is -1.54. The van der Waals surface area contributed by atoms with Crippen LogP contribution >= 0.6 is 11.6 Å². The zero-order valence-electron chi connectivity index (χ0n) is 9.44. The van der Waals surface area contributed by atoms with Crippen LogP contribution in [0.25, 0.3) is 0 Å².